The number of rotatable bonds is 6. The quantitative estimate of drug-likeness (QED) is 0.440. The van der Waals surface area contributed by atoms with Crippen LogP contribution in [0.25, 0.3) is 10.8 Å². The van der Waals surface area contributed by atoms with Crippen molar-refractivity contribution in [3.05, 3.63) is 42.5 Å². The van der Waals surface area contributed by atoms with Gasteiger partial charge in [-0.3, -0.25) is 9.36 Å². The number of hydrogen-bond acceptors (Lipinski definition) is 4. The second-order valence-electron chi connectivity index (χ2n) is 5.36. The third-order valence-electron chi connectivity index (χ3n) is 3.45. The lowest BCUT2D eigenvalue weighted by atomic mass is 10.1. The van der Waals surface area contributed by atoms with Crippen molar-refractivity contribution in [1.82, 2.24) is 4.83 Å². The fraction of sp³-hybridized carbons (Fsp3) is 0.312. The Hall–Kier alpha value is -1.55. The van der Waals surface area contributed by atoms with Crippen LogP contribution < -0.4 is 4.84 Å². The minimum absolute atomic E-state index is 0.190. The van der Waals surface area contributed by atoms with Gasteiger partial charge in [0.1, 0.15) is 0 Å². The fourth-order valence-electron chi connectivity index (χ4n) is 2.34. The number of ether oxygens (including phenoxy) is 1. The molecule has 0 N–H and O–H groups in total. The van der Waals surface area contributed by atoms with Crippen LogP contribution >= 0.6 is 18.5 Å². The molecule has 0 aliphatic rings. The number of carbonyl (C=O) groups excluding carboxylic acids is 1. The first-order chi connectivity index (χ1) is 11.0. The van der Waals surface area contributed by atoms with Crippen LogP contribution in [0.3, 0.4) is 0 Å². The molecule has 0 radical (unpaired) electrons. The highest BCUT2D eigenvalue weighted by Crippen LogP contribution is 2.39. The van der Waals surface area contributed by atoms with Crippen molar-refractivity contribution in [1.29, 1.82) is 0 Å². The Labute approximate surface area is 140 Å². The smallest absolute Gasteiger partial charge is 0.327 e. The first-order valence-electron chi connectivity index (χ1n) is 7.18. The molecule has 2 rings (SSSR count). The third kappa shape index (κ3) is 4.05. The largest absolute Gasteiger partial charge is 0.468 e. The average Bonchev–Trinajstić information content (AvgIpc) is 2.53. The Morgan fingerprint density at radius 1 is 1.17 bits per heavy atom. The molecule has 0 aromatic heterocycles. The summed E-state index contributed by atoms with van der Waals surface area (Å²) in [6, 6.07) is 12.3. The molecule has 0 fully saturated rings. The summed E-state index contributed by atoms with van der Waals surface area (Å²) in [5.74, 6) is -0.249. The molecule has 0 aliphatic carbocycles. The van der Waals surface area contributed by atoms with Gasteiger partial charge in [-0.1, -0.05) is 55.1 Å². The zero-order chi connectivity index (χ0) is 17.0. The van der Waals surface area contributed by atoms with Gasteiger partial charge in [0.25, 0.3) is 7.30 Å². The molecule has 23 heavy (non-hydrogen) atoms. The maximum Gasteiger partial charge on any atom is 0.327 e. The van der Waals surface area contributed by atoms with E-state index in [1.54, 1.807) is 6.07 Å². The Morgan fingerprint density at radius 2 is 1.83 bits per heavy atom. The van der Waals surface area contributed by atoms with Gasteiger partial charge >= 0.3 is 5.97 Å². The molecular weight excluding hydrogens is 337 g/mol. The highest BCUT2D eigenvalue weighted by atomic mass is 35.7. The van der Waals surface area contributed by atoms with Crippen LogP contribution in [0, 0.1) is 5.92 Å². The zero-order valence-corrected chi connectivity index (χ0v) is 14.9. The standard InChI is InChI=1S/C16H19ClNO4P/c1-11(2)15(16(19)21-3)18(23(17)20)22-14-10-6-8-12-7-4-5-9-13(12)14/h4-11,15,23H,1-3H3/t15-/m0/s1. The molecule has 1 unspecified atom stereocenters. The van der Waals surface area contributed by atoms with Gasteiger partial charge in [0, 0.05) is 5.39 Å². The van der Waals surface area contributed by atoms with Crippen molar-refractivity contribution in [3.8, 4) is 5.75 Å². The highest BCUT2D eigenvalue weighted by molar-refractivity contribution is 7.71. The van der Waals surface area contributed by atoms with Crippen molar-refractivity contribution in [2.24, 2.45) is 5.92 Å². The molecule has 0 spiro atoms. The highest BCUT2D eigenvalue weighted by Gasteiger charge is 2.35. The Morgan fingerprint density at radius 3 is 2.43 bits per heavy atom. The van der Waals surface area contributed by atoms with Crippen LogP contribution in [0.15, 0.2) is 42.5 Å². The monoisotopic (exact) mass is 355 g/mol. The third-order valence-corrected chi connectivity index (χ3v) is 4.66. The van der Waals surface area contributed by atoms with E-state index in [2.05, 4.69) is 0 Å². The summed E-state index contributed by atoms with van der Waals surface area (Å²) in [6.07, 6.45) is 0. The summed E-state index contributed by atoms with van der Waals surface area (Å²) >= 11 is 5.82. The van der Waals surface area contributed by atoms with Crippen molar-refractivity contribution >= 4 is 35.3 Å². The Bertz CT molecular complexity index is 717. The number of carbonyl (C=O) groups is 1. The van der Waals surface area contributed by atoms with Gasteiger partial charge in [-0.05, 0) is 28.6 Å². The van der Waals surface area contributed by atoms with Crippen LogP contribution in [0.5, 0.6) is 5.75 Å². The molecule has 7 heteroatoms. The van der Waals surface area contributed by atoms with Gasteiger partial charge in [0.2, 0.25) is 0 Å². The maximum atomic E-state index is 12.0. The van der Waals surface area contributed by atoms with Crippen LogP contribution in [-0.2, 0) is 14.1 Å². The maximum absolute atomic E-state index is 12.0. The second-order valence-corrected chi connectivity index (χ2v) is 7.28. The summed E-state index contributed by atoms with van der Waals surface area (Å²) in [5.41, 5.74) is 0. The molecule has 2 atom stereocenters. The van der Waals surface area contributed by atoms with E-state index in [0.29, 0.717) is 5.75 Å². The van der Waals surface area contributed by atoms with Gasteiger partial charge in [-0.25, -0.2) is 0 Å². The summed E-state index contributed by atoms with van der Waals surface area (Å²) in [5, 5.41) is 1.81. The predicted octanol–water partition coefficient (Wildman–Crippen LogP) is 4.26. The summed E-state index contributed by atoms with van der Waals surface area (Å²) < 4.78 is 16.8. The summed E-state index contributed by atoms with van der Waals surface area (Å²) in [6.45, 7) is 3.62. The van der Waals surface area contributed by atoms with E-state index in [0.717, 1.165) is 15.6 Å². The molecule has 0 bridgehead atoms. The lowest BCUT2D eigenvalue weighted by Crippen LogP contribution is -2.42. The van der Waals surface area contributed by atoms with Crippen LogP contribution in [0.2, 0.25) is 0 Å². The first kappa shape index (κ1) is 17.8. The van der Waals surface area contributed by atoms with Gasteiger partial charge < -0.3 is 9.57 Å². The van der Waals surface area contributed by atoms with E-state index in [4.69, 9.17) is 20.8 Å². The van der Waals surface area contributed by atoms with E-state index in [1.807, 2.05) is 50.2 Å². The van der Waals surface area contributed by atoms with E-state index in [9.17, 15) is 9.36 Å². The van der Waals surface area contributed by atoms with Crippen LogP contribution in [0.1, 0.15) is 13.8 Å². The minimum Gasteiger partial charge on any atom is -0.468 e. The number of benzene rings is 2. The number of halogens is 1. The second kappa shape index (κ2) is 7.82. The number of esters is 1. The molecule has 2 aromatic rings. The van der Waals surface area contributed by atoms with E-state index >= 15 is 0 Å². The number of fused-ring (bicyclic) bond motifs is 1. The normalized spacial score (nSPS) is 14.0. The molecule has 0 saturated heterocycles. The molecule has 2 aromatic carbocycles. The molecule has 0 heterocycles. The Balaban J connectivity index is 2.42. The van der Waals surface area contributed by atoms with Gasteiger partial charge in [-0.15, -0.1) is 0 Å². The lowest BCUT2D eigenvalue weighted by molar-refractivity contribution is -0.154. The topological polar surface area (TPSA) is 55.8 Å². The van der Waals surface area contributed by atoms with Crippen molar-refractivity contribution in [3.63, 3.8) is 0 Å². The minimum atomic E-state index is -2.80. The fourth-order valence-corrected chi connectivity index (χ4v) is 3.55. The molecule has 0 amide bonds. The van der Waals surface area contributed by atoms with Crippen molar-refractivity contribution < 1.29 is 18.9 Å². The van der Waals surface area contributed by atoms with Crippen molar-refractivity contribution in [2.75, 3.05) is 7.11 Å². The molecule has 124 valence electrons. The predicted molar refractivity (Wildman–Crippen MR) is 91.9 cm³/mol. The van der Waals surface area contributed by atoms with Crippen molar-refractivity contribution in [2.45, 2.75) is 19.9 Å². The number of hydroxylamine groups is 1. The zero-order valence-electron chi connectivity index (χ0n) is 13.2. The van der Waals surface area contributed by atoms with Crippen LogP contribution in [-0.4, -0.2) is 24.0 Å². The van der Waals surface area contributed by atoms with Gasteiger partial charge in [-0.2, -0.15) is 0 Å². The molecular formula is C16H19ClNO4P. The summed E-state index contributed by atoms with van der Waals surface area (Å²) in [7, 11) is -1.53. The van der Waals surface area contributed by atoms with E-state index in [1.165, 1.54) is 7.11 Å². The first-order valence-corrected chi connectivity index (χ1v) is 9.54. The van der Waals surface area contributed by atoms with Gasteiger partial charge in [0.15, 0.2) is 11.8 Å². The lowest BCUT2D eigenvalue weighted by Gasteiger charge is -2.29. The van der Waals surface area contributed by atoms with Crippen LogP contribution in [0.4, 0.5) is 0 Å². The Kier molecular flexibility index (Phi) is 6.05. The number of methoxy groups -OCH3 is 1. The van der Waals surface area contributed by atoms with E-state index in [-0.39, 0.29) is 5.92 Å². The average molecular weight is 356 g/mol. The molecule has 5 nitrogen and oxygen atoms in total. The molecule has 0 saturated carbocycles. The van der Waals surface area contributed by atoms with E-state index < -0.39 is 19.3 Å². The molecule has 0 aliphatic heterocycles. The summed E-state index contributed by atoms with van der Waals surface area (Å²) in [4.78, 5) is 18.8. The number of nitrogens with zero attached hydrogens (tertiary/aromatic N) is 1. The number of hydrogen-bond donors (Lipinski definition) is 0. The van der Waals surface area contributed by atoms with Gasteiger partial charge in [0.05, 0.1) is 7.11 Å². The SMILES string of the molecule is COC(=O)[C@H](C(C)C)N(Oc1cccc2ccccc12)[PH](=O)Cl.